The van der Waals surface area contributed by atoms with Crippen LogP contribution in [0.4, 0.5) is 9.52 Å². The topological polar surface area (TPSA) is 54.9 Å². The number of carbonyl (C=O) groups is 1. The van der Waals surface area contributed by atoms with Crippen molar-refractivity contribution in [1.82, 2.24) is 9.97 Å². The number of nitrogens with zero attached hydrogens (tertiary/aromatic N) is 2. The summed E-state index contributed by atoms with van der Waals surface area (Å²) >= 11 is 1.35. The van der Waals surface area contributed by atoms with Crippen LogP contribution in [-0.2, 0) is 0 Å². The third-order valence-electron chi connectivity index (χ3n) is 1.79. The number of amides is 1. The number of pyridine rings is 1. The first kappa shape index (κ1) is 10.7. The monoisotopic (exact) mass is 237 g/mol. The first-order chi connectivity index (χ1) is 7.65. The molecule has 0 aliphatic heterocycles. The molecule has 0 unspecified atom stereocenters. The third kappa shape index (κ3) is 2.40. The van der Waals surface area contributed by atoms with Gasteiger partial charge in [0.1, 0.15) is 5.69 Å². The molecule has 0 aliphatic carbocycles. The molecule has 2 aromatic heterocycles. The smallest absolute Gasteiger partial charge is 0.276 e. The van der Waals surface area contributed by atoms with Crippen LogP contribution in [0.5, 0.6) is 0 Å². The van der Waals surface area contributed by atoms with Crippen molar-refractivity contribution in [2.24, 2.45) is 0 Å². The molecular weight excluding hydrogens is 229 g/mol. The lowest BCUT2D eigenvalue weighted by molar-refractivity contribution is 0.102. The summed E-state index contributed by atoms with van der Waals surface area (Å²) < 4.78 is 12.8. The highest BCUT2D eigenvalue weighted by atomic mass is 32.1. The maximum absolute atomic E-state index is 12.8. The third-order valence-corrected chi connectivity index (χ3v) is 2.62. The van der Waals surface area contributed by atoms with Crippen LogP contribution in [-0.4, -0.2) is 15.9 Å². The Balaban J connectivity index is 2.14. The van der Waals surface area contributed by atoms with Gasteiger partial charge in [0, 0.05) is 11.1 Å². The van der Waals surface area contributed by atoms with Crippen LogP contribution in [0.15, 0.2) is 24.4 Å². The molecule has 82 valence electrons. The van der Waals surface area contributed by atoms with E-state index in [9.17, 15) is 9.18 Å². The molecule has 1 N–H and O–H groups in total. The predicted octanol–water partition coefficient (Wildman–Crippen LogP) is 2.24. The Morgan fingerprint density at radius 2 is 2.31 bits per heavy atom. The van der Waals surface area contributed by atoms with E-state index in [-0.39, 0.29) is 5.69 Å². The zero-order chi connectivity index (χ0) is 11.5. The van der Waals surface area contributed by atoms with Gasteiger partial charge in [-0.15, -0.1) is 11.3 Å². The SMILES string of the molecule is Cc1cnc(NC(=O)c2cccc(F)n2)s1. The van der Waals surface area contributed by atoms with Gasteiger partial charge < -0.3 is 0 Å². The minimum Gasteiger partial charge on any atom is -0.296 e. The van der Waals surface area contributed by atoms with E-state index in [0.29, 0.717) is 5.13 Å². The van der Waals surface area contributed by atoms with E-state index in [0.717, 1.165) is 4.88 Å². The van der Waals surface area contributed by atoms with Gasteiger partial charge in [0.25, 0.3) is 5.91 Å². The number of halogens is 1. The minimum atomic E-state index is -0.678. The van der Waals surface area contributed by atoms with E-state index in [4.69, 9.17) is 0 Å². The fraction of sp³-hybridized carbons (Fsp3) is 0.100. The highest BCUT2D eigenvalue weighted by Gasteiger charge is 2.10. The van der Waals surface area contributed by atoms with Crippen molar-refractivity contribution < 1.29 is 9.18 Å². The van der Waals surface area contributed by atoms with Gasteiger partial charge in [-0.3, -0.25) is 10.1 Å². The minimum absolute atomic E-state index is 0.0350. The summed E-state index contributed by atoms with van der Waals surface area (Å²) in [5, 5.41) is 3.03. The van der Waals surface area contributed by atoms with Crippen LogP contribution in [0.2, 0.25) is 0 Å². The molecule has 0 aliphatic rings. The number of carbonyl (C=O) groups excluding carboxylic acids is 1. The Morgan fingerprint density at radius 1 is 1.50 bits per heavy atom. The van der Waals surface area contributed by atoms with Crippen molar-refractivity contribution in [2.75, 3.05) is 5.32 Å². The second kappa shape index (κ2) is 4.36. The van der Waals surface area contributed by atoms with Gasteiger partial charge in [-0.05, 0) is 19.1 Å². The van der Waals surface area contributed by atoms with E-state index in [1.807, 2.05) is 6.92 Å². The van der Waals surface area contributed by atoms with Crippen molar-refractivity contribution in [3.05, 3.63) is 40.9 Å². The van der Waals surface area contributed by atoms with Crippen LogP contribution in [0.25, 0.3) is 0 Å². The molecule has 6 heteroatoms. The second-order valence-corrected chi connectivity index (χ2v) is 4.31. The number of hydrogen-bond donors (Lipinski definition) is 1. The van der Waals surface area contributed by atoms with Gasteiger partial charge in [-0.2, -0.15) is 4.39 Å². The van der Waals surface area contributed by atoms with Gasteiger partial charge >= 0.3 is 0 Å². The number of anilines is 1. The summed E-state index contributed by atoms with van der Waals surface area (Å²) in [4.78, 5) is 20.0. The Kier molecular flexibility index (Phi) is 2.91. The van der Waals surface area contributed by atoms with Crippen LogP contribution in [0.1, 0.15) is 15.4 Å². The fourth-order valence-corrected chi connectivity index (χ4v) is 1.77. The Hall–Kier alpha value is -1.82. The molecule has 0 saturated heterocycles. The summed E-state index contributed by atoms with van der Waals surface area (Å²) in [5.41, 5.74) is 0.0350. The van der Waals surface area contributed by atoms with Crippen molar-refractivity contribution in [3.8, 4) is 0 Å². The molecule has 0 aromatic carbocycles. The van der Waals surface area contributed by atoms with Crippen molar-refractivity contribution in [1.29, 1.82) is 0 Å². The Morgan fingerprint density at radius 3 is 2.94 bits per heavy atom. The lowest BCUT2D eigenvalue weighted by Gasteiger charge is -2.00. The molecule has 1 amide bonds. The number of hydrogen-bond acceptors (Lipinski definition) is 4. The first-order valence-electron chi connectivity index (χ1n) is 4.51. The standard InChI is InChI=1S/C10H8FN3OS/c1-6-5-12-10(16-6)14-9(15)7-3-2-4-8(11)13-7/h2-5H,1H3,(H,12,14,15). The van der Waals surface area contributed by atoms with Gasteiger partial charge in [0.15, 0.2) is 5.13 Å². The van der Waals surface area contributed by atoms with Gasteiger partial charge in [-0.1, -0.05) is 6.07 Å². The van der Waals surface area contributed by atoms with E-state index in [2.05, 4.69) is 15.3 Å². The van der Waals surface area contributed by atoms with Crippen LogP contribution in [0, 0.1) is 12.9 Å². The normalized spacial score (nSPS) is 10.1. The molecule has 0 radical (unpaired) electrons. The van der Waals surface area contributed by atoms with E-state index >= 15 is 0 Å². The molecule has 2 aromatic rings. The molecule has 0 saturated carbocycles. The number of nitrogens with one attached hydrogen (secondary N) is 1. The molecule has 0 spiro atoms. The largest absolute Gasteiger partial charge is 0.296 e. The summed E-state index contributed by atoms with van der Waals surface area (Å²) in [6.45, 7) is 1.88. The molecule has 16 heavy (non-hydrogen) atoms. The molecule has 0 atom stereocenters. The summed E-state index contributed by atoms with van der Waals surface area (Å²) in [7, 11) is 0. The van der Waals surface area contributed by atoms with Crippen molar-refractivity contribution in [2.45, 2.75) is 6.92 Å². The van der Waals surface area contributed by atoms with Crippen LogP contribution >= 0.6 is 11.3 Å². The highest BCUT2D eigenvalue weighted by Crippen LogP contribution is 2.17. The summed E-state index contributed by atoms with van der Waals surface area (Å²) in [5.74, 6) is -1.14. The van der Waals surface area contributed by atoms with E-state index < -0.39 is 11.9 Å². The predicted molar refractivity (Wildman–Crippen MR) is 59.0 cm³/mol. The lowest BCUT2D eigenvalue weighted by atomic mass is 10.3. The lowest BCUT2D eigenvalue weighted by Crippen LogP contribution is -2.13. The maximum atomic E-state index is 12.8. The zero-order valence-corrected chi connectivity index (χ0v) is 9.21. The van der Waals surface area contributed by atoms with Gasteiger partial charge in [0.05, 0.1) is 0 Å². The average molecular weight is 237 g/mol. The molecule has 4 nitrogen and oxygen atoms in total. The van der Waals surface area contributed by atoms with Gasteiger partial charge in [0.2, 0.25) is 5.95 Å². The number of aryl methyl sites for hydroxylation is 1. The van der Waals surface area contributed by atoms with Crippen LogP contribution < -0.4 is 5.32 Å². The van der Waals surface area contributed by atoms with E-state index in [1.165, 1.54) is 29.5 Å². The average Bonchev–Trinajstić information content (AvgIpc) is 2.64. The van der Waals surface area contributed by atoms with Crippen molar-refractivity contribution in [3.63, 3.8) is 0 Å². The zero-order valence-electron chi connectivity index (χ0n) is 8.40. The number of thiazole rings is 1. The Bertz CT molecular complexity index is 526. The van der Waals surface area contributed by atoms with Gasteiger partial charge in [-0.25, -0.2) is 9.97 Å². The maximum Gasteiger partial charge on any atom is 0.276 e. The quantitative estimate of drug-likeness (QED) is 0.815. The van der Waals surface area contributed by atoms with Crippen LogP contribution in [0.3, 0.4) is 0 Å². The summed E-state index contributed by atoms with van der Waals surface area (Å²) in [6, 6.07) is 4.06. The highest BCUT2D eigenvalue weighted by molar-refractivity contribution is 7.15. The molecule has 0 bridgehead atoms. The van der Waals surface area contributed by atoms with Crippen molar-refractivity contribution >= 4 is 22.4 Å². The molecule has 0 fully saturated rings. The molecule has 2 heterocycles. The Labute approximate surface area is 95.2 Å². The first-order valence-corrected chi connectivity index (χ1v) is 5.33. The molecule has 2 rings (SSSR count). The van der Waals surface area contributed by atoms with E-state index in [1.54, 1.807) is 6.20 Å². The second-order valence-electron chi connectivity index (χ2n) is 3.08. The number of aromatic nitrogens is 2. The molecular formula is C10H8FN3OS. The summed E-state index contributed by atoms with van der Waals surface area (Å²) in [6.07, 6.45) is 1.65. The number of rotatable bonds is 2. The fourth-order valence-electron chi connectivity index (χ4n) is 1.11.